The number of amides is 1. The molecule has 1 aliphatic heterocycles. The van der Waals surface area contributed by atoms with Gasteiger partial charge in [-0.3, -0.25) is 9.59 Å². The molecule has 7 nitrogen and oxygen atoms in total. The molecule has 0 bridgehead atoms. The molecule has 1 heterocycles. The van der Waals surface area contributed by atoms with Crippen LogP contribution >= 0.6 is 0 Å². The van der Waals surface area contributed by atoms with Crippen LogP contribution in [0.25, 0.3) is 6.08 Å². The third-order valence-corrected chi connectivity index (χ3v) is 6.09. The molecule has 3 aromatic rings. The maximum absolute atomic E-state index is 12.6. The Balaban J connectivity index is 1.25. The van der Waals surface area contributed by atoms with Crippen LogP contribution in [0.2, 0.25) is 0 Å². The van der Waals surface area contributed by atoms with E-state index in [2.05, 4.69) is 17.0 Å². The molecule has 1 saturated heterocycles. The standard InChI is InChI=1S/C29H30N2O5/c1-34-27-15-11-23(20-28(27)35-2)26(32)14-10-22-8-12-25(13-9-22)36-21-29(33)31-18-16-30(17-19-31)24-6-4-3-5-7-24/h3-15,20H,16-19,21H2,1-2H3/b14-10-. The zero-order valence-electron chi connectivity index (χ0n) is 20.6. The van der Waals surface area contributed by atoms with E-state index in [0.29, 0.717) is 35.9 Å². The van der Waals surface area contributed by atoms with Crippen LogP contribution in [0.5, 0.6) is 17.2 Å². The monoisotopic (exact) mass is 486 g/mol. The third-order valence-electron chi connectivity index (χ3n) is 6.09. The van der Waals surface area contributed by atoms with E-state index in [1.165, 1.54) is 18.9 Å². The number of nitrogens with zero attached hydrogens (tertiary/aromatic N) is 2. The van der Waals surface area contributed by atoms with E-state index in [1.807, 2.05) is 35.2 Å². The van der Waals surface area contributed by atoms with Crippen molar-refractivity contribution in [2.24, 2.45) is 0 Å². The minimum Gasteiger partial charge on any atom is -0.493 e. The minimum absolute atomic E-state index is 0.00168. The molecule has 0 atom stereocenters. The van der Waals surface area contributed by atoms with Gasteiger partial charge in [0.15, 0.2) is 23.9 Å². The molecule has 0 aliphatic carbocycles. The number of ether oxygens (including phenoxy) is 3. The lowest BCUT2D eigenvalue weighted by Crippen LogP contribution is -2.50. The van der Waals surface area contributed by atoms with Crippen LogP contribution in [0.4, 0.5) is 5.69 Å². The van der Waals surface area contributed by atoms with Crippen LogP contribution in [0, 0.1) is 0 Å². The van der Waals surface area contributed by atoms with Gasteiger partial charge in [0.1, 0.15) is 5.75 Å². The molecule has 1 fully saturated rings. The van der Waals surface area contributed by atoms with E-state index in [-0.39, 0.29) is 18.3 Å². The first-order valence-electron chi connectivity index (χ1n) is 11.8. The summed E-state index contributed by atoms with van der Waals surface area (Å²) in [7, 11) is 3.08. The topological polar surface area (TPSA) is 68.3 Å². The first-order valence-corrected chi connectivity index (χ1v) is 11.8. The van der Waals surface area contributed by atoms with Gasteiger partial charge in [0, 0.05) is 37.4 Å². The molecule has 1 aliphatic rings. The van der Waals surface area contributed by atoms with Gasteiger partial charge in [0.05, 0.1) is 14.2 Å². The number of benzene rings is 3. The number of ketones is 1. The maximum atomic E-state index is 12.6. The predicted molar refractivity (Wildman–Crippen MR) is 140 cm³/mol. The van der Waals surface area contributed by atoms with Gasteiger partial charge in [-0.2, -0.15) is 0 Å². The number of para-hydroxylation sites is 1. The molecule has 4 rings (SSSR count). The van der Waals surface area contributed by atoms with E-state index in [0.717, 1.165) is 18.7 Å². The summed E-state index contributed by atoms with van der Waals surface area (Å²) in [4.78, 5) is 29.3. The van der Waals surface area contributed by atoms with Crippen LogP contribution in [0.15, 0.2) is 78.9 Å². The van der Waals surface area contributed by atoms with Gasteiger partial charge >= 0.3 is 0 Å². The second-order valence-corrected chi connectivity index (χ2v) is 8.33. The molecule has 0 aromatic heterocycles. The second kappa shape index (κ2) is 11.9. The summed E-state index contributed by atoms with van der Waals surface area (Å²) in [5, 5.41) is 0. The van der Waals surface area contributed by atoms with Gasteiger partial charge in [-0.05, 0) is 54.1 Å². The van der Waals surface area contributed by atoms with Crippen LogP contribution in [-0.4, -0.2) is 63.6 Å². The highest BCUT2D eigenvalue weighted by Crippen LogP contribution is 2.28. The molecule has 0 N–H and O–H groups in total. The number of carbonyl (C=O) groups excluding carboxylic acids is 2. The minimum atomic E-state index is -0.144. The van der Waals surface area contributed by atoms with Crippen LogP contribution < -0.4 is 19.1 Å². The maximum Gasteiger partial charge on any atom is 0.260 e. The summed E-state index contributed by atoms with van der Waals surface area (Å²) >= 11 is 0. The Morgan fingerprint density at radius 1 is 0.833 bits per heavy atom. The number of carbonyl (C=O) groups is 2. The summed E-state index contributed by atoms with van der Waals surface area (Å²) in [5.41, 5.74) is 2.53. The fourth-order valence-corrected chi connectivity index (χ4v) is 4.02. The van der Waals surface area contributed by atoms with E-state index in [4.69, 9.17) is 14.2 Å². The van der Waals surface area contributed by atoms with E-state index in [9.17, 15) is 9.59 Å². The quantitative estimate of drug-likeness (QED) is 0.331. The molecule has 0 spiro atoms. The fraction of sp³-hybridized carbons (Fsp3) is 0.241. The van der Waals surface area contributed by atoms with Crippen molar-refractivity contribution < 1.29 is 23.8 Å². The smallest absolute Gasteiger partial charge is 0.260 e. The van der Waals surface area contributed by atoms with Crippen molar-refractivity contribution in [3.8, 4) is 17.2 Å². The van der Waals surface area contributed by atoms with Crippen molar-refractivity contribution in [3.63, 3.8) is 0 Å². The Labute approximate surface area is 211 Å². The van der Waals surface area contributed by atoms with Gasteiger partial charge in [-0.1, -0.05) is 36.4 Å². The molecule has 3 aromatic carbocycles. The van der Waals surface area contributed by atoms with Crippen LogP contribution in [0.1, 0.15) is 15.9 Å². The lowest BCUT2D eigenvalue weighted by molar-refractivity contribution is -0.133. The van der Waals surface area contributed by atoms with E-state index < -0.39 is 0 Å². The number of allylic oxidation sites excluding steroid dienone is 1. The van der Waals surface area contributed by atoms with Gasteiger partial charge in [-0.25, -0.2) is 0 Å². The lowest BCUT2D eigenvalue weighted by Gasteiger charge is -2.36. The molecule has 0 unspecified atom stereocenters. The number of piperazine rings is 1. The summed E-state index contributed by atoms with van der Waals surface area (Å²) in [5.74, 6) is 1.52. The molecule has 1 amide bonds. The van der Waals surface area contributed by atoms with Gasteiger partial charge < -0.3 is 24.0 Å². The summed E-state index contributed by atoms with van der Waals surface area (Å²) in [6.07, 6.45) is 3.25. The number of anilines is 1. The average Bonchev–Trinajstić information content (AvgIpc) is 2.95. The highest BCUT2D eigenvalue weighted by Gasteiger charge is 2.21. The summed E-state index contributed by atoms with van der Waals surface area (Å²) < 4.78 is 16.2. The van der Waals surface area contributed by atoms with Crippen molar-refractivity contribution in [1.82, 2.24) is 4.90 Å². The van der Waals surface area contributed by atoms with Crippen LogP contribution in [-0.2, 0) is 4.79 Å². The Bertz CT molecular complexity index is 1200. The van der Waals surface area contributed by atoms with Crippen molar-refractivity contribution in [1.29, 1.82) is 0 Å². The zero-order valence-corrected chi connectivity index (χ0v) is 20.6. The SMILES string of the molecule is COc1ccc(C(=O)/C=C\c2ccc(OCC(=O)N3CCN(c4ccccc4)CC3)cc2)cc1OC. The van der Waals surface area contributed by atoms with E-state index >= 15 is 0 Å². The van der Waals surface area contributed by atoms with Crippen molar-refractivity contribution in [2.45, 2.75) is 0 Å². The number of hydrogen-bond acceptors (Lipinski definition) is 6. The Kier molecular flexibility index (Phi) is 8.24. The molecule has 0 saturated carbocycles. The molecular formula is C29H30N2O5. The van der Waals surface area contributed by atoms with Crippen molar-refractivity contribution >= 4 is 23.5 Å². The van der Waals surface area contributed by atoms with Crippen LogP contribution in [0.3, 0.4) is 0 Å². The first-order chi connectivity index (χ1) is 17.6. The van der Waals surface area contributed by atoms with E-state index in [1.54, 1.807) is 43.5 Å². The predicted octanol–water partition coefficient (Wildman–Crippen LogP) is 4.33. The number of hydrogen-bond donors (Lipinski definition) is 0. The lowest BCUT2D eigenvalue weighted by atomic mass is 10.1. The largest absolute Gasteiger partial charge is 0.493 e. The Hall–Kier alpha value is -4.26. The second-order valence-electron chi connectivity index (χ2n) is 8.33. The summed E-state index contributed by atoms with van der Waals surface area (Å²) in [6.45, 7) is 2.96. The number of methoxy groups -OCH3 is 2. The molecule has 7 heteroatoms. The van der Waals surface area contributed by atoms with Crippen molar-refractivity contribution in [3.05, 3.63) is 90.0 Å². The fourth-order valence-electron chi connectivity index (χ4n) is 4.02. The molecular weight excluding hydrogens is 456 g/mol. The Morgan fingerprint density at radius 2 is 1.53 bits per heavy atom. The molecule has 36 heavy (non-hydrogen) atoms. The zero-order chi connectivity index (χ0) is 25.3. The highest BCUT2D eigenvalue weighted by atomic mass is 16.5. The Morgan fingerprint density at radius 3 is 2.19 bits per heavy atom. The normalized spacial score (nSPS) is 13.5. The van der Waals surface area contributed by atoms with Gasteiger partial charge in [0.2, 0.25) is 0 Å². The summed E-state index contributed by atoms with van der Waals surface area (Å²) in [6, 6.07) is 22.6. The van der Waals surface area contributed by atoms with Crippen molar-refractivity contribution in [2.75, 3.05) is 51.9 Å². The average molecular weight is 487 g/mol. The molecule has 0 radical (unpaired) electrons. The number of rotatable bonds is 9. The first kappa shape index (κ1) is 24.9. The van der Waals surface area contributed by atoms with Gasteiger partial charge in [-0.15, -0.1) is 0 Å². The third kappa shape index (κ3) is 6.24. The molecule has 186 valence electrons. The van der Waals surface area contributed by atoms with Gasteiger partial charge in [0.25, 0.3) is 5.91 Å². The highest BCUT2D eigenvalue weighted by molar-refractivity contribution is 6.07.